The van der Waals surface area contributed by atoms with Gasteiger partial charge in [-0.05, 0) is 18.2 Å². The molecule has 0 amide bonds. The predicted octanol–water partition coefficient (Wildman–Crippen LogP) is 2.42. The van der Waals surface area contributed by atoms with Crippen LogP contribution in [0.1, 0.15) is 10.6 Å². The summed E-state index contributed by atoms with van der Waals surface area (Å²) in [5, 5.41) is 10.4. The SMILES string of the molecule is COc1ccccc1OC(=O)c1ccc([N+](=O)[O-])o1. The van der Waals surface area contributed by atoms with E-state index < -0.39 is 16.8 Å². The average molecular weight is 263 g/mol. The molecule has 0 saturated heterocycles. The minimum absolute atomic E-state index is 0.203. The first-order valence-corrected chi connectivity index (χ1v) is 5.21. The van der Waals surface area contributed by atoms with Crippen molar-refractivity contribution in [2.45, 2.75) is 0 Å². The molecule has 2 aromatic rings. The first-order chi connectivity index (χ1) is 9.11. The number of methoxy groups -OCH3 is 1. The summed E-state index contributed by atoms with van der Waals surface area (Å²) >= 11 is 0. The van der Waals surface area contributed by atoms with Gasteiger partial charge in [0, 0.05) is 0 Å². The third-order valence-electron chi connectivity index (χ3n) is 2.24. The molecule has 0 N–H and O–H groups in total. The number of esters is 1. The fourth-order valence-electron chi connectivity index (χ4n) is 1.39. The zero-order valence-electron chi connectivity index (χ0n) is 9.86. The van der Waals surface area contributed by atoms with Crippen LogP contribution in [-0.2, 0) is 0 Å². The standard InChI is InChI=1S/C12H9NO6/c1-17-8-4-2-3-5-9(8)19-12(14)10-6-7-11(18-10)13(15)16/h2-7H,1H3. The minimum Gasteiger partial charge on any atom is -0.493 e. The Morgan fingerprint density at radius 1 is 1.21 bits per heavy atom. The van der Waals surface area contributed by atoms with Crippen molar-refractivity contribution < 1.29 is 23.6 Å². The minimum atomic E-state index is -0.836. The van der Waals surface area contributed by atoms with Crippen molar-refractivity contribution in [3.05, 3.63) is 52.3 Å². The van der Waals surface area contributed by atoms with Gasteiger partial charge in [0.25, 0.3) is 0 Å². The van der Waals surface area contributed by atoms with Crippen molar-refractivity contribution in [3.63, 3.8) is 0 Å². The summed E-state index contributed by atoms with van der Waals surface area (Å²) in [7, 11) is 1.43. The molecule has 0 aliphatic heterocycles. The van der Waals surface area contributed by atoms with E-state index in [1.807, 2.05) is 0 Å². The van der Waals surface area contributed by atoms with Crippen LogP contribution in [0.25, 0.3) is 0 Å². The Morgan fingerprint density at radius 3 is 2.47 bits per heavy atom. The zero-order chi connectivity index (χ0) is 13.8. The van der Waals surface area contributed by atoms with Crippen molar-refractivity contribution in [2.75, 3.05) is 7.11 Å². The van der Waals surface area contributed by atoms with E-state index in [4.69, 9.17) is 13.9 Å². The zero-order valence-corrected chi connectivity index (χ0v) is 9.86. The van der Waals surface area contributed by atoms with Crippen LogP contribution >= 0.6 is 0 Å². The molecular weight excluding hydrogens is 254 g/mol. The predicted molar refractivity (Wildman–Crippen MR) is 63.3 cm³/mol. The van der Waals surface area contributed by atoms with Gasteiger partial charge in [-0.25, -0.2) is 4.79 Å². The molecule has 0 atom stereocenters. The maximum atomic E-state index is 11.7. The summed E-state index contributed by atoms with van der Waals surface area (Å²) in [6.45, 7) is 0. The monoisotopic (exact) mass is 263 g/mol. The van der Waals surface area contributed by atoms with Crippen molar-refractivity contribution in [3.8, 4) is 11.5 Å². The summed E-state index contributed by atoms with van der Waals surface area (Å²) in [6, 6.07) is 8.79. The van der Waals surface area contributed by atoms with Crippen LogP contribution in [0.4, 0.5) is 5.88 Å². The van der Waals surface area contributed by atoms with Crippen LogP contribution < -0.4 is 9.47 Å². The van der Waals surface area contributed by atoms with E-state index in [-0.39, 0.29) is 11.5 Å². The van der Waals surface area contributed by atoms with Crippen LogP contribution in [0.5, 0.6) is 11.5 Å². The lowest BCUT2D eigenvalue weighted by molar-refractivity contribution is -0.402. The molecule has 0 fully saturated rings. The molecule has 0 radical (unpaired) electrons. The Bertz CT molecular complexity index is 618. The molecule has 7 heteroatoms. The summed E-state index contributed by atoms with van der Waals surface area (Å²) in [4.78, 5) is 21.4. The number of furan rings is 1. The highest BCUT2D eigenvalue weighted by molar-refractivity contribution is 5.88. The number of nitrogens with zero attached hydrogens (tertiary/aromatic N) is 1. The number of carbonyl (C=O) groups is 1. The molecule has 0 aliphatic carbocycles. The van der Waals surface area contributed by atoms with Crippen LogP contribution in [-0.4, -0.2) is 18.0 Å². The maximum Gasteiger partial charge on any atom is 0.433 e. The fourth-order valence-corrected chi connectivity index (χ4v) is 1.39. The number of carbonyl (C=O) groups excluding carboxylic acids is 1. The Hall–Kier alpha value is -2.83. The maximum absolute atomic E-state index is 11.7. The van der Waals surface area contributed by atoms with Gasteiger partial charge in [0.05, 0.1) is 13.2 Å². The van der Waals surface area contributed by atoms with Crippen LogP contribution in [0, 0.1) is 10.1 Å². The molecule has 1 aromatic heterocycles. The van der Waals surface area contributed by atoms with Gasteiger partial charge in [0.15, 0.2) is 11.5 Å². The van der Waals surface area contributed by atoms with Crippen molar-refractivity contribution >= 4 is 11.9 Å². The van der Waals surface area contributed by atoms with Gasteiger partial charge in [-0.3, -0.25) is 10.1 Å². The lowest BCUT2D eigenvalue weighted by Crippen LogP contribution is -2.08. The molecule has 19 heavy (non-hydrogen) atoms. The van der Waals surface area contributed by atoms with Crippen molar-refractivity contribution in [1.82, 2.24) is 0 Å². The first-order valence-electron chi connectivity index (χ1n) is 5.21. The van der Waals surface area contributed by atoms with E-state index >= 15 is 0 Å². The summed E-state index contributed by atoms with van der Waals surface area (Å²) in [5.74, 6) is -1.03. The van der Waals surface area contributed by atoms with E-state index in [1.165, 1.54) is 19.2 Å². The van der Waals surface area contributed by atoms with Crippen molar-refractivity contribution in [1.29, 1.82) is 0 Å². The highest BCUT2D eigenvalue weighted by Crippen LogP contribution is 2.27. The Morgan fingerprint density at radius 2 is 1.89 bits per heavy atom. The molecule has 98 valence electrons. The molecule has 2 rings (SSSR count). The van der Waals surface area contributed by atoms with E-state index in [1.54, 1.807) is 18.2 Å². The average Bonchev–Trinajstić information content (AvgIpc) is 2.89. The number of hydrogen-bond donors (Lipinski definition) is 0. The van der Waals surface area contributed by atoms with Crippen molar-refractivity contribution in [2.24, 2.45) is 0 Å². The Kier molecular flexibility index (Phi) is 3.46. The second-order valence-electron chi connectivity index (χ2n) is 3.44. The van der Waals surface area contributed by atoms with Gasteiger partial charge >= 0.3 is 11.9 Å². The molecule has 0 saturated carbocycles. The Labute approximate surface area is 107 Å². The molecule has 0 bridgehead atoms. The molecule has 7 nitrogen and oxygen atoms in total. The third kappa shape index (κ3) is 2.71. The van der Waals surface area contributed by atoms with Gasteiger partial charge in [0.2, 0.25) is 5.76 Å². The topological polar surface area (TPSA) is 91.8 Å². The number of hydrogen-bond acceptors (Lipinski definition) is 6. The number of ether oxygens (including phenoxy) is 2. The molecular formula is C12H9NO6. The van der Waals surface area contributed by atoms with Gasteiger partial charge in [-0.1, -0.05) is 12.1 Å². The van der Waals surface area contributed by atoms with Crippen LogP contribution in [0.3, 0.4) is 0 Å². The number of benzene rings is 1. The molecule has 1 heterocycles. The first kappa shape index (κ1) is 12.6. The van der Waals surface area contributed by atoms with Crippen LogP contribution in [0.15, 0.2) is 40.8 Å². The third-order valence-corrected chi connectivity index (χ3v) is 2.24. The largest absolute Gasteiger partial charge is 0.493 e. The molecule has 1 aromatic carbocycles. The fraction of sp³-hybridized carbons (Fsp3) is 0.0833. The summed E-state index contributed by atoms with van der Waals surface area (Å²) in [6.07, 6.45) is 0. The summed E-state index contributed by atoms with van der Waals surface area (Å²) in [5.41, 5.74) is 0. The number of para-hydroxylation sites is 2. The molecule has 0 aliphatic rings. The second kappa shape index (κ2) is 5.21. The van der Waals surface area contributed by atoms with Gasteiger partial charge < -0.3 is 13.9 Å². The highest BCUT2D eigenvalue weighted by atomic mass is 16.7. The van der Waals surface area contributed by atoms with Gasteiger partial charge in [-0.2, -0.15) is 0 Å². The van der Waals surface area contributed by atoms with Crippen LogP contribution in [0.2, 0.25) is 0 Å². The van der Waals surface area contributed by atoms with E-state index in [0.717, 1.165) is 6.07 Å². The van der Waals surface area contributed by atoms with E-state index in [2.05, 4.69) is 0 Å². The molecule has 0 unspecified atom stereocenters. The van der Waals surface area contributed by atoms with E-state index in [0.29, 0.717) is 5.75 Å². The number of nitro groups is 1. The quantitative estimate of drug-likeness (QED) is 0.364. The molecule has 0 spiro atoms. The lowest BCUT2D eigenvalue weighted by atomic mass is 10.3. The second-order valence-corrected chi connectivity index (χ2v) is 3.44. The van der Waals surface area contributed by atoms with E-state index in [9.17, 15) is 14.9 Å². The lowest BCUT2D eigenvalue weighted by Gasteiger charge is -2.06. The Balaban J connectivity index is 2.18. The summed E-state index contributed by atoms with van der Waals surface area (Å²) < 4.78 is 14.8. The van der Waals surface area contributed by atoms with Gasteiger partial charge in [0.1, 0.15) is 4.92 Å². The smallest absolute Gasteiger partial charge is 0.433 e. The normalized spacial score (nSPS) is 9.95. The highest BCUT2D eigenvalue weighted by Gasteiger charge is 2.20. The number of rotatable bonds is 4. The van der Waals surface area contributed by atoms with Gasteiger partial charge in [-0.15, -0.1) is 0 Å².